The van der Waals surface area contributed by atoms with Crippen molar-refractivity contribution in [2.45, 2.75) is 30.8 Å². The van der Waals surface area contributed by atoms with E-state index in [1.807, 2.05) is 0 Å². The van der Waals surface area contributed by atoms with Gasteiger partial charge in [0.1, 0.15) is 0 Å². The van der Waals surface area contributed by atoms with Crippen molar-refractivity contribution in [2.75, 3.05) is 20.2 Å². The maximum atomic E-state index is 12.6. The lowest BCUT2D eigenvalue weighted by molar-refractivity contribution is -0.385. The van der Waals surface area contributed by atoms with E-state index >= 15 is 0 Å². The van der Waals surface area contributed by atoms with E-state index in [1.54, 1.807) is 14.0 Å². The molecule has 1 aromatic rings. The van der Waals surface area contributed by atoms with E-state index in [-0.39, 0.29) is 16.7 Å². The minimum absolute atomic E-state index is 0.00701. The lowest BCUT2D eigenvalue weighted by Gasteiger charge is -2.30. The van der Waals surface area contributed by atoms with Crippen molar-refractivity contribution < 1.29 is 18.1 Å². The minimum Gasteiger partial charge on any atom is -0.381 e. The van der Waals surface area contributed by atoms with Crippen LogP contribution in [-0.4, -0.2) is 43.9 Å². The Hall–Kier alpha value is -1.51. The Morgan fingerprint density at radius 3 is 2.48 bits per heavy atom. The summed E-state index contributed by atoms with van der Waals surface area (Å²) in [5.41, 5.74) is 0.292. The number of nitro benzene ring substituents is 1. The molecule has 21 heavy (non-hydrogen) atoms. The molecule has 0 radical (unpaired) electrons. The second-order valence-electron chi connectivity index (χ2n) is 5.05. The summed E-state index contributed by atoms with van der Waals surface area (Å²) in [5, 5.41) is 10.8. The SMILES string of the molecule is COC1CCN(S(=O)(=O)c2cc([N+](=O)[O-])ccc2C)CC1. The van der Waals surface area contributed by atoms with Gasteiger partial charge in [-0.1, -0.05) is 6.07 Å². The zero-order valence-corrected chi connectivity index (χ0v) is 12.8. The van der Waals surface area contributed by atoms with Crippen LogP contribution in [0.15, 0.2) is 23.1 Å². The van der Waals surface area contributed by atoms with Gasteiger partial charge in [-0.15, -0.1) is 0 Å². The molecule has 0 amide bonds. The normalized spacial score (nSPS) is 17.8. The van der Waals surface area contributed by atoms with Crippen molar-refractivity contribution in [3.05, 3.63) is 33.9 Å². The summed E-state index contributed by atoms with van der Waals surface area (Å²) >= 11 is 0. The first kappa shape index (κ1) is 15.9. The Labute approximate surface area is 123 Å². The quantitative estimate of drug-likeness (QED) is 0.623. The average Bonchev–Trinajstić information content (AvgIpc) is 2.47. The summed E-state index contributed by atoms with van der Waals surface area (Å²) in [6.45, 7) is 2.37. The van der Waals surface area contributed by atoms with Crippen LogP contribution >= 0.6 is 0 Å². The summed E-state index contributed by atoms with van der Waals surface area (Å²) in [6, 6.07) is 3.91. The monoisotopic (exact) mass is 314 g/mol. The van der Waals surface area contributed by atoms with Gasteiger partial charge in [0.05, 0.1) is 15.9 Å². The van der Waals surface area contributed by atoms with Gasteiger partial charge in [-0.2, -0.15) is 4.31 Å². The van der Waals surface area contributed by atoms with Gasteiger partial charge in [-0.05, 0) is 25.3 Å². The molecule has 7 nitrogen and oxygen atoms in total. The lowest BCUT2D eigenvalue weighted by atomic mass is 10.1. The van der Waals surface area contributed by atoms with E-state index in [4.69, 9.17) is 4.74 Å². The molecule has 1 aliphatic rings. The lowest BCUT2D eigenvalue weighted by Crippen LogP contribution is -2.40. The highest BCUT2D eigenvalue weighted by molar-refractivity contribution is 7.89. The van der Waals surface area contributed by atoms with Gasteiger partial charge in [0.15, 0.2) is 0 Å². The van der Waals surface area contributed by atoms with E-state index < -0.39 is 14.9 Å². The predicted octanol–water partition coefficient (Wildman–Crippen LogP) is 1.70. The smallest absolute Gasteiger partial charge is 0.270 e. The largest absolute Gasteiger partial charge is 0.381 e. The van der Waals surface area contributed by atoms with Crippen LogP contribution in [0, 0.1) is 17.0 Å². The van der Waals surface area contributed by atoms with Gasteiger partial charge in [0.2, 0.25) is 10.0 Å². The number of piperidine rings is 1. The molecule has 0 bridgehead atoms. The molecule has 0 N–H and O–H groups in total. The average molecular weight is 314 g/mol. The van der Waals surface area contributed by atoms with E-state index in [9.17, 15) is 18.5 Å². The predicted molar refractivity (Wildman–Crippen MR) is 76.6 cm³/mol. The van der Waals surface area contributed by atoms with Crippen molar-refractivity contribution in [2.24, 2.45) is 0 Å². The molecular weight excluding hydrogens is 296 g/mol. The number of ether oxygens (including phenoxy) is 1. The molecule has 0 aromatic heterocycles. The molecule has 8 heteroatoms. The van der Waals surface area contributed by atoms with Crippen LogP contribution in [-0.2, 0) is 14.8 Å². The molecule has 0 saturated carbocycles. The van der Waals surface area contributed by atoms with Gasteiger partial charge in [-0.3, -0.25) is 10.1 Å². The van der Waals surface area contributed by atoms with Gasteiger partial charge in [0.25, 0.3) is 5.69 Å². The fraction of sp³-hybridized carbons (Fsp3) is 0.538. The summed E-state index contributed by atoms with van der Waals surface area (Å²) < 4.78 is 31.9. The topological polar surface area (TPSA) is 89.8 Å². The maximum absolute atomic E-state index is 12.6. The van der Waals surface area contributed by atoms with Gasteiger partial charge in [0, 0.05) is 32.3 Å². The van der Waals surface area contributed by atoms with Crippen molar-refractivity contribution >= 4 is 15.7 Å². The highest BCUT2D eigenvalue weighted by Crippen LogP contribution is 2.27. The highest BCUT2D eigenvalue weighted by Gasteiger charge is 2.31. The Morgan fingerprint density at radius 1 is 1.33 bits per heavy atom. The third kappa shape index (κ3) is 3.22. The zero-order valence-electron chi connectivity index (χ0n) is 12.0. The molecule has 2 rings (SSSR count). The second-order valence-corrected chi connectivity index (χ2v) is 6.95. The first-order valence-corrected chi connectivity index (χ1v) is 8.08. The molecule has 1 heterocycles. The molecule has 0 unspecified atom stereocenters. The maximum Gasteiger partial charge on any atom is 0.270 e. The van der Waals surface area contributed by atoms with Gasteiger partial charge in [-0.25, -0.2) is 8.42 Å². The number of nitrogens with zero attached hydrogens (tertiary/aromatic N) is 2. The number of rotatable bonds is 4. The van der Waals surface area contributed by atoms with Gasteiger partial charge < -0.3 is 4.74 Å². The fourth-order valence-corrected chi connectivity index (χ4v) is 4.14. The third-order valence-electron chi connectivity index (χ3n) is 3.73. The summed E-state index contributed by atoms with van der Waals surface area (Å²) in [4.78, 5) is 10.2. The van der Waals surface area contributed by atoms with Crippen molar-refractivity contribution in [3.63, 3.8) is 0 Å². The fourth-order valence-electron chi connectivity index (χ4n) is 2.43. The van der Waals surface area contributed by atoms with Crippen LogP contribution in [0.3, 0.4) is 0 Å². The first-order valence-electron chi connectivity index (χ1n) is 6.64. The number of aryl methyl sites for hydroxylation is 1. The van der Waals surface area contributed by atoms with Crippen LogP contribution in [0.5, 0.6) is 0 Å². The number of hydrogen-bond acceptors (Lipinski definition) is 5. The molecule has 1 aliphatic heterocycles. The van der Waals surface area contributed by atoms with E-state index in [0.717, 1.165) is 6.07 Å². The van der Waals surface area contributed by atoms with E-state index in [1.165, 1.54) is 16.4 Å². The Kier molecular flexibility index (Phi) is 4.60. The van der Waals surface area contributed by atoms with E-state index in [0.29, 0.717) is 31.5 Å². The van der Waals surface area contributed by atoms with Crippen LogP contribution < -0.4 is 0 Å². The van der Waals surface area contributed by atoms with Crippen LogP contribution in [0.1, 0.15) is 18.4 Å². The Bertz CT molecular complexity index is 636. The van der Waals surface area contributed by atoms with Crippen molar-refractivity contribution in [3.8, 4) is 0 Å². The molecule has 116 valence electrons. The molecule has 0 spiro atoms. The number of nitro groups is 1. The molecule has 1 fully saturated rings. The van der Waals surface area contributed by atoms with Crippen LogP contribution in [0.25, 0.3) is 0 Å². The van der Waals surface area contributed by atoms with Crippen molar-refractivity contribution in [1.82, 2.24) is 4.31 Å². The minimum atomic E-state index is -3.71. The molecule has 1 saturated heterocycles. The van der Waals surface area contributed by atoms with Crippen LogP contribution in [0.2, 0.25) is 0 Å². The zero-order chi connectivity index (χ0) is 15.6. The number of methoxy groups -OCH3 is 1. The molecule has 1 aromatic carbocycles. The number of non-ortho nitro benzene ring substituents is 1. The van der Waals surface area contributed by atoms with Gasteiger partial charge >= 0.3 is 0 Å². The number of benzene rings is 1. The van der Waals surface area contributed by atoms with Crippen molar-refractivity contribution in [1.29, 1.82) is 0 Å². The summed E-state index contributed by atoms with van der Waals surface area (Å²) in [7, 11) is -2.10. The molecule has 0 aliphatic carbocycles. The number of sulfonamides is 1. The number of hydrogen-bond donors (Lipinski definition) is 0. The highest BCUT2D eigenvalue weighted by atomic mass is 32.2. The molecule has 0 atom stereocenters. The molecular formula is C13H18N2O5S. The summed E-state index contributed by atoms with van der Waals surface area (Å²) in [5.74, 6) is 0. The Balaban J connectivity index is 2.32. The van der Waals surface area contributed by atoms with E-state index in [2.05, 4.69) is 0 Å². The third-order valence-corrected chi connectivity index (χ3v) is 5.78. The second kappa shape index (κ2) is 6.08. The standard InChI is InChI=1S/C13H18N2O5S/c1-10-3-4-11(15(16)17)9-13(10)21(18,19)14-7-5-12(20-2)6-8-14/h3-4,9,12H,5-8H2,1-2H3. The first-order chi connectivity index (χ1) is 9.86. The van der Waals surface area contributed by atoms with Crippen LogP contribution in [0.4, 0.5) is 5.69 Å². The Morgan fingerprint density at radius 2 is 1.95 bits per heavy atom. The summed E-state index contributed by atoms with van der Waals surface area (Å²) in [6.07, 6.45) is 1.33.